The first-order valence-electron chi connectivity index (χ1n) is 9.76. The molecule has 2 aromatic rings. The second-order valence-electron chi connectivity index (χ2n) is 6.89. The maximum Gasteiger partial charge on any atom is 1.00 e. The molecule has 0 saturated carbocycles. The molecule has 0 aliphatic carbocycles. The van der Waals surface area contributed by atoms with E-state index in [4.69, 9.17) is 16.3 Å². The van der Waals surface area contributed by atoms with Gasteiger partial charge >= 0.3 is 35.5 Å². The van der Waals surface area contributed by atoms with Crippen molar-refractivity contribution in [3.8, 4) is 0 Å². The van der Waals surface area contributed by atoms with E-state index < -0.39 is 58.4 Å². The molecule has 37 heavy (non-hydrogen) atoms. The Morgan fingerprint density at radius 1 is 1.32 bits per heavy atom. The van der Waals surface area contributed by atoms with Gasteiger partial charge in [-0.1, -0.05) is 11.2 Å². The van der Waals surface area contributed by atoms with Gasteiger partial charge in [0.05, 0.1) is 6.42 Å². The Labute approximate surface area is 245 Å². The second kappa shape index (κ2) is 13.6. The molecule has 0 radical (unpaired) electrons. The smallest absolute Gasteiger partial charge is 0.731 e. The van der Waals surface area contributed by atoms with E-state index in [1.165, 1.54) is 16.7 Å². The van der Waals surface area contributed by atoms with Crippen molar-refractivity contribution in [2.75, 3.05) is 24.9 Å². The number of thiophene rings is 1. The molecule has 19 heteroatoms. The average Bonchev–Trinajstić information content (AvgIpc) is 3.49. The van der Waals surface area contributed by atoms with Crippen LogP contribution in [0.1, 0.15) is 10.6 Å². The van der Waals surface area contributed by atoms with Gasteiger partial charge in [-0.15, -0.1) is 34.3 Å². The fraction of sp³-hybridized carbons (Fsp3) is 0.333. The summed E-state index contributed by atoms with van der Waals surface area (Å²) in [7, 11) is -4.10. The molecule has 1 aliphatic rings. The van der Waals surface area contributed by atoms with Crippen LogP contribution in [0.15, 0.2) is 28.0 Å². The van der Waals surface area contributed by atoms with E-state index in [-0.39, 0.29) is 57.0 Å². The van der Waals surface area contributed by atoms with E-state index in [0.29, 0.717) is 4.88 Å². The summed E-state index contributed by atoms with van der Waals surface area (Å²) in [4.78, 5) is 58.1. The molecule has 2 atom stereocenters. The van der Waals surface area contributed by atoms with Crippen LogP contribution in [-0.4, -0.2) is 83.3 Å². The molecule has 2 N–H and O–H groups in total. The molecule has 3 heterocycles. The van der Waals surface area contributed by atoms with Crippen molar-refractivity contribution in [3.63, 3.8) is 0 Å². The number of carbonyl (C=O) groups is 4. The van der Waals surface area contributed by atoms with Gasteiger partial charge in [0.25, 0.3) is 11.8 Å². The monoisotopic (exact) mass is 601 g/mol. The van der Waals surface area contributed by atoms with E-state index in [0.717, 1.165) is 18.4 Å². The molecular weight excluding hydrogens is 585 g/mol. The summed E-state index contributed by atoms with van der Waals surface area (Å²) in [6.07, 6.45) is -0.101. The van der Waals surface area contributed by atoms with Crippen LogP contribution in [0.4, 0.5) is 5.13 Å². The van der Waals surface area contributed by atoms with E-state index >= 15 is 0 Å². The number of esters is 1. The van der Waals surface area contributed by atoms with Gasteiger partial charge in [-0.25, -0.2) is 17.7 Å². The fourth-order valence-corrected chi connectivity index (χ4v) is 5.32. The number of thiazole rings is 1. The number of alkyl halides is 1. The average molecular weight is 602 g/mol. The zero-order valence-electron chi connectivity index (χ0n) is 19.2. The first-order valence-corrected chi connectivity index (χ1v) is 13.4. The van der Waals surface area contributed by atoms with Crippen LogP contribution >= 0.6 is 34.3 Å². The zero-order chi connectivity index (χ0) is 26.5. The third-order valence-corrected chi connectivity index (χ3v) is 7.33. The van der Waals surface area contributed by atoms with Crippen LogP contribution < -0.4 is 40.2 Å². The van der Waals surface area contributed by atoms with Crippen molar-refractivity contribution in [3.05, 3.63) is 33.5 Å². The predicted octanol–water partition coefficient (Wildman–Crippen LogP) is -3.32. The first-order chi connectivity index (χ1) is 17.0. The van der Waals surface area contributed by atoms with E-state index in [2.05, 4.69) is 25.6 Å². The van der Waals surface area contributed by atoms with Crippen molar-refractivity contribution in [2.45, 2.75) is 18.5 Å². The molecule has 1 saturated heterocycles. The molecule has 3 rings (SSSR count). The molecule has 0 bridgehead atoms. The molecule has 0 spiro atoms. The van der Waals surface area contributed by atoms with Crippen molar-refractivity contribution < 1.29 is 71.3 Å². The Hall–Kier alpha value is -2.12. The SMILES string of the molecule is CON=C(C(=O)N[C@H]1C(=O)N(S(=O)(=O)[O-])[C@H]1COC(=O)Cc1cccs1)c1csc(NC(=O)CCl)n1.[Na+]. The van der Waals surface area contributed by atoms with E-state index in [1.807, 2.05) is 0 Å². The Morgan fingerprint density at radius 2 is 2.05 bits per heavy atom. The second-order valence-corrected chi connectivity index (χ2v) is 10.3. The zero-order valence-corrected chi connectivity index (χ0v) is 24.4. The number of ether oxygens (including phenoxy) is 1. The quantitative estimate of drug-likeness (QED) is 0.0500. The Kier molecular flexibility index (Phi) is 11.4. The summed E-state index contributed by atoms with van der Waals surface area (Å²) in [5.74, 6) is -3.81. The minimum Gasteiger partial charge on any atom is -0.731 e. The summed E-state index contributed by atoms with van der Waals surface area (Å²) >= 11 is 7.68. The maximum atomic E-state index is 12.9. The number of oxime groups is 1. The van der Waals surface area contributed by atoms with Crippen molar-refractivity contribution >= 4 is 79.1 Å². The predicted molar refractivity (Wildman–Crippen MR) is 126 cm³/mol. The number of β-lactam (4-membered cyclic amide) rings is 1. The van der Waals surface area contributed by atoms with Crippen LogP contribution in [0.2, 0.25) is 0 Å². The molecule has 0 unspecified atom stereocenters. The number of rotatable bonds is 11. The molecule has 1 aliphatic heterocycles. The molecule has 194 valence electrons. The van der Waals surface area contributed by atoms with Gasteiger partial charge < -0.3 is 24.8 Å². The molecule has 1 fully saturated rings. The number of anilines is 1. The Balaban J connectivity index is 0.00000481. The number of hydrogen-bond donors (Lipinski definition) is 2. The molecule has 14 nitrogen and oxygen atoms in total. The summed E-state index contributed by atoms with van der Waals surface area (Å²) in [5, 5.41) is 11.4. The van der Waals surface area contributed by atoms with E-state index in [1.54, 1.807) is 17.5 Å². The Morgan fingerprint density at radius 3 is 2.65 bits per heavy atom. The summed E-state index contributed by atoms with van der Waals surface area (Å²) < 4.78 is 39.7. The summed E-state index contributed by atoms with van der Waals surface area (Å²) in [6, 6.07) is 0.421. The number of nitrogens with one attached hydrogen (secondary N) is 2. The third kappa shape index (κ3) is 7.93. The van der Waals surface area contributed by atoms with Gasteiger partial charge in [0, 0.05) is 10.3 Å². The minimum absolute atomic E-state index is 0. The van der Waals surface area contributed by atoms with Gasteiger partial charge in [0.1, 0.15) is 37.4 Å². The normalized spacial score (nSPS) is 17.3. The van der Waals surface area contributed by atoms with Crippen molar-refractivity contribution in [2.24, 2.45) is 5.16 Å². The van der Waals surface area contributed by atoms with E-state index in [9.17, 15) is 32.1 Å². The maximum absolute atomic E-state index is 12.9. The number of halogens is 1. The number of aromatic nitrogens is 1. The summed E-state index contributed by atoms with van der Waals surface area (Å²) in [6.45, 7) is -0.662. The number of hydrogen-bond acceptors (Lipinski definition) is 13. The standard InChI is InChI=1S/C18H18ClN5O9S3.Na/c1-32-23-14(10-8-35-18(20-10)21-12(25)6-19)16(27)22-15-11(24(17(15)28)36(29,30)31)7-33-13(26)5-9-3-2-4-34-9;/h2-4,8,11,15H,5-7H2,1H3,(H,22,27)(H,20,21,25)(H,29,30,31);/q;+1/p-1/t11-,15+;/m0./s1. The van der Waals surface area contributed by atoms with Crippen LogP contribution in [-0.2, 0) is 45.5 Å². The van der Waals surface area contributed by atoms with Crippen molar-refractivity contribution in [1.82, 2.24) is 14.6 Å². The van der Waals surface area contributed by atoms with Gasteiger partial charge in [-0.05, 0) is 11.4 Å². The topological polar surface area (TPSA) is 196 Å². The molecular formula is C18H17ClN5NaO9S3. The Bertz CT molecular complexity index is 1290. The number of nitrogens with zero attached hydrogens (tertiary/aromatic N) is 3. The number of carbonyl (C=O) groups excluding carboxylic acids is 4. The first kappa shape index (κ1) is 31.1. The molecule has 3 amide bonds. The fourth-order valence-electron chi connectivity index (χ4n) is 3.00. The van der Waals surface area contributed by atoms with Gasteiger partial charge in [-0.2, -0.15) is 0 Å². The van der Waals surface area contributed by atoms with Crippen LogP contribution in [0, 0.1) is 0 Å². The molecule has 0 aromatic carbocycles. The minimum atomic E-state index is -5.25. The van der Waals surface area contributed by atoms with Gasteiger partial charge in [0.15, 0.2) is 21.1 Å². The van der Waals surface area contributed by atoms with Gasteiger partial charge in [-0.3, -0.25) is 19.2 Å². The van der Waals surface area contributed by atoms with Crippen molar-refractivity contribution in [1.29, 1.82) is 0 Å². The van der Waals surface area contributed by atoms with Gasteiger partial charge in [0.2, 0.25) is 5.91 Å². The largest absolute Gasteiger partial charge is 1.00 e. The summed E-state index contributed by atoms with van der Waals surface area (Å²) in [5.41, 5.74) is -0.451. The number of amides is 3. The van der Waals surface area contributed by atoms with Crippen LogP contribution in [0.25, 0.3) is 0 Å². The third-order valence-electron chi connectivity index (χ3n) is 4.52. The van der Waals surface area contributed by atoms with Crippen LogP contribution in [0.5, 0.6) is 0 Å². The van der Waals surface area contributed by atoms with Crippen LogP contribution in [0.3, 0.4) is 0 Å². The molecule has 2 aromatic heterocycles.